The van der Waals surface area contributed by atoms with Gasteiger partial charge in [0, 0.05) is 43.2 Å². The number of rotatable bonds is 5. The van der Waals surface area contributed by atoms with Crippen LogP contribution in [-0.2, 0) is 6.54 Å². The number of carbonyl (C=O) groups is 2. The Bertz CT molecular complexity index is 982. The van der Waals surface area contributed by atoms with Crippen LogP contribution in [0, 0.1) is 0 Å². The molecule has 1 heterocycles. The van der Waals surface area contributed by atoms with E-state index >= 15 is 0 Å². The minimum absolute atomic E-state index is 0.0997. The highest BCUT2D eigenvalue weighted by Gasteiger charge is 2.11. The van der Waals surface area contributed by atoms with E-state index in [1.54, 1.807) is 45.5 Å². The smallest absolute Gasteiger partial charge is 0.253 e. The Morgan fingerprint density at radius 2 is 1.70 bits per heavy atom. The third-order valence-electron chi connectivity index (χ3n) is 4.23. The van der Waals surface area contributed by atoms with Crippen molar-refractivity contribution < 1.29 is 14.3 Å². The molecule has 0 unspecified atom stereocenters. The molecule has 0 spiro atoms. The highest BCUT2D eigenvalue weighted by Crippen LogP contribution is 2.21. The standard InChI is InChI=1S/C21H21N3O3/c1-24(2)21(26)15-10-8-14(9-11-15)20(25)22-13-16-12-19(27-3)23-18-7-5-4-6-17(16)18/h4-12H,13H2,1-3H3,(H,22,25). The van der Waals surface area contributed by atoms with E-state index in [0.717, 1.165) is 16.5 Å². The van der Waals surface area contributed by atoms with Gasteiger partial charge in [-0.15, -0.1) is 0 Å². The first-order chi connectivity index (χ1) is 13.0. The van der Waals surface area contributed by atoms with Gasteiger partial charge in [-0.2, -0.15) is 0 Å². The molecule has 138 valence electrons. The minimum atomic E-state index is -0.210. The monoisotopic (exact) mass is 363 g/mol. The summed E-state index contributed by atoms with van der Waals surface area (Å²) in [6.45, 7) is 0.344. The molecule has 0 aliphatic carbocycles. The van der Waals surface area contributed by atoms with Crippen LogP contribution in [0.25, 0.3) is 10.9 Å². The van der Waals surface area contributed by atoms with Crippen molar-refractivity contribution in [3.05, 3.63) is 71.3 Å². The molecule has 0 saturated heterocycles. The zero-order valence-corrected chi connectivity index (χ0v) is 15.5. The van der Waals surface area contributed by atoms with Crippen LogP contribution >= 0.6 is 0 Å². The predicted octanol–water partition coefficient (Wildman–Crippen LogP) is 2.88. The zero-order chi connectivity index (χ0) is 19.4. The van der Waals surface area contributed by atoms with E-state index in [0.29, 0.717) is 23.6 Å². The van der Waals surface area contributed by atoms with Gasteiger partial charge >= 0.3 is 0 Å². The van der Waals surface area contributed by atoms with Gasteiger partial charge in [0.25, 0.3) is 11.8 Å². The van der Waals surface area contributed by atoms with Gasteiger partial charge in [-0.25, -0.2) is 4.98 Å². The van der Waals surface area contributed by atoms with Crippen molar-refractivity contribution in [1.29, 1.82) is 0 Å². The molecule has 0 saturated carbocycles. The quantitative estimate of drug-likeness (QED) is 0.757. The summed E-state index contributed by atoms with van der Waals surface area (Å²) >= 11 is 0. The number of aromatic nitrogens is 1. The van der Waals surface area contributed by atoms with Gasteiger partial charge in [0.15, 0.2) is 0 Å². The number of benzene rings is 2. The number of fused-ring (bicyclic) bond motifs is 1. The number of ether oxygens (including phenoxy) is 1. The van der Waals surface area contributed by atoms with Gasteiger partial charge in [0.2, 0.25) is 5.88 Å². The minimum Gasteiger partial charge on any atom is -0.481 e. The molecule has 2 aromatic carbocycles. The Hall–Kier alpha value is -3.41. The summed E-state index contributed by atoms with van der Waals surface area (Å²) in [4.78, 5) is 30.3. The van der Waals surface area contributed by atoms with E-state index in [1.165, 1.54) is 4.90 Å². The fourth-order valence-electron chi connectivity index (χ4n) is 2.77. The lowest BCUT2D eigenvalue weighted by atomic mass is 10.1. The van der Waals surface area contributed by atoms with Gasteiger partial charge in [-0.05, 0) is 35.9 Å². The molecule has 6 nitrogen and oxygen atoms in total. The Balaban J connectivity index is 1.76. The maximum atomic E-state index is 12.5. The lowest BCUT2D eigenvalue weighted by molar-refractivity contribution is 0.0826. The number of methoxy groups -OCH3 is 1. The first-order valence-corrected chi connectivity index (χ1v) is 8.52. The third kappa shape index (κ3) is 4.06. The van der Waals surface area contributed by atoms with Crippen molar-refractivity contribution >= 4 is 22.7 Å². The first-order valence-electron chi connectivity index (χ1n) is 8.52. The average Bonchev–Trinajstić information content (AvgIpc) is 2.70. The molecule has 27 heavy (non-hydrogen) atoms. The van der Waals surface area contributed by atoms with E-state index in [1.807, 2.05) is 30.3 Å². The maximum Gasteiger partial charge on any atom is 0.253 e. The number of para-hydroxylation sites is 1. The molecule has 0 bridgehead atoms. The topological polar surface area (TPSA) is 71.5 Å². The fraction of sp³-hybridized carbons (Fsp3) is 0.190. The predicted molar refractivity (Wildman–Crippen MR) is 104 cm³/mol. The molecule has 0 aliphatic rings. The third-order valence-corrected chi connectivity index (χ3v) is 4.23. The number of carbonyl (C=O) groups excluding carboxylic acids is 2. The molecule has 1 N–H and O–H groups in total. The van der Waals surface area contributed by atoms with Gasteiger partial charge in [0.1, 0.15) is 0 Å². The number of nitrogens with one attached hydrogen (secondary N) is 1. The summed E-state index contributed by atoms with van der Waals surface area (Å²) in [5.41, 5.74) is 2.77. The Labute approximate surface area is 157 Å². The van der Waals surface area contributed by atoms with E-state index in [-0.39, 0.29) is 11.8 Å². The SMILES string of the molecule is COc1cc(CNC(=O)c2ccc(C(=O)N(C)C)cc2)c2ccccc2n1. The number of hydrogen-bond acceptors (Lipinski definition) is 4. The van der Waals surface area contributed by atoms with Crippen molar-refractivity contribution in [2.75, 3.05) is 21.2 Å². The van der Waals surface area contributed by atoms with Crippen LogP contribution in [0.3, 0.4) is 0 Å². The average molecular weight is 363 g/mol. The van der Waals surface area contributed by atoms with Gasteiger partial charge in [0.05, 0.1) is 12.6 Å². The normalized spacial score (nSPS) is 10.5. The van der Waals surface area contributed by atoms with Crippen LogP contribution in [0.15, 0.2) is 54.6 Å². The summed E-state index contributed by atoms with van der Waals surface area (Å²) in [5, 5.41) is 3.88. The number of hydrogen-bond donors (Lipinski definition) is 1. The van der Waals surface area contributed by atoms with E-state index < -0.39 is 0 Å². The zero-order valence-electron chi connectivity index (χ0n) is 15.5. The highest BCUT2D eigenvalue weighted by molar-refractivity contribution is 5.97. The summed E-state index contributed by atoms with van der Waals surface area (Å²) in [5.74, 6) is 0.195. The second kappa shape index (κ2) is 7.86. The van der Waals surface area contributed by atoms with Crippen LogP contribution in [0.4, 0.5) is 0 Å². The lowest BCUT2D eigenvalue weighted by Gasteiger charge is -2.12. The Morgan fingerprint density at radius 3 is 2.37 bits per heavy atom. The van der Waals surface area contributed by atoms with E-state index in [4.69, 9.17) is 4.74 Å². The van der Waals surface area contributed by atoms with Gasteiger partial charge in [-0.1, -0.05) is 18.2 Å². The largest absolute Gasteiger partial charge is 0.481 e. The maximum absolute atomic E-state index is 12.5. The van der Waals surface area contributed by atoms with Crippen molar-refractivity contribution in [1.82, 2.24) is 15.2 Å². The molecule has 0 radical (unpaired) electrons. The highest BCUT2D eigenvalue weighted by atomic mass is 16.5. The second-order valence-electron chi connectivity index (χ2n) is 6.30. The van der Waals surface area contributed by atoms with Gasteiger partial charge in [-0.3, -0.25) is 9.59 Å². The summed E-state index contributed by atoms with van der Waals surface area (Å²) in [7, 11) is 4.95. The van der Waals surface area contributed by atoms with Crippen molar-refractivity contribution in [3.63, 3.8) is 0 Å². The molecular weight excluding hydrogens is 342 g/mol. The van der Waals surface area contributed by atoms with Crippen LogP contribution in [0.1, 0.15) is 26.3 Å². The van der Waals surface area contributed by atoms with Crippen molar-refractivity contribution in [2.45, 2.75) is 6.54 Å². The Kier molecular flexibility index (Phi) is 5.35. The number of pyridine rings is 1. The van der Waals surface area contributed by atoms with Crippen LogP contribution in [0.5, 0.6) is 5.88 Å². The van der Waals surface area contributed by atoms with E-state index in [2.05, 4.69) is 10.3 Å². The molecule has 1 aromatic heterocycles. The van der Waals surface area contributed by atoms with Crippen LogP contribution in [0.2, 0.25) is 0 Å². The first kappa shape index (κ1) is 18.4. The van der Waals surface area contributed by atoms with Crippen molar-refractivity contribution in [3.8, 4) is 5.88 Å². The van der Waals surface area contributed by atoms with Crippen LogP contribution in [-0.4, -0.2) is 42.9 Å². The Morgan fingerprint density at radius 1 is 1.04 bits per heavy atom. The number of amides is 2. The summed E-state index contributed by atoms with van der Waals surface area (Å²) in [6.07, 6.45) is 0. The lowest BCUT2D eigenvalue weighted by Crippen LogP contribution is -2.24. The molecule has 3 aromatic rings. The van der Waals surface area contributed by atoms with E-state index in [9.17, 15) is 9.59 Å². The fourth-order valence-corrected chi connectivity index (χ4v) is 2.77. The summed E-state index contributed by atoms with van der Waals surface area (Å²) < 4.78 is 5.25. The molecule has 2 amide bonds. The molecular formula is C21H21N3O3. The van der Waals surface area contributed by atoms with Crippen molar-refractivity contribution in [2.24, 2.45) is 0 Å². The molecule has 0 fully saturated rings. The summed E-state index contributed by atoms with van der Waals surface area (Å²) in [6, 6.07) is 16.1. The molecule has 3 rings (SSSR count). The van der Waals surface area contributed by atoms with Gasteiger partial charge < -0.3 is 15.0 Å². The molecule has 0 atom stereocenters. The van der Waals surface area contributed by atoms with Crippen LogP contribution < -0.4 is 10.1 Å². The molecule has 0 aliphatic heterocycles. The molecule has 6 heteroatoms. The second-order valence-corrected chi connectivity index (χ2v) is 6.30. The number of nitrogens with zero attached hydrogens (tertiary/aromatic N) is 2.